The molecule has 6 heteroatoms. The molecule has 0 aliphatic carbocycles. The maximum Gasteiger partial charge on any atom is 0.165 e. The van der Waals surface area contributed by atoms with E-state index in [1.807, 2.05) is 42.5 Å². The number of aromatic nitrogens is 4. The average Bonchev–Trinajstić information content (AvgIpc) is 3.74. The van der Waals surface area contributed by atoms with E-state index in [2.05, 4.69) is 103 Å². The lowest BCUT2D eigenvalue weighted by molar-refractivity contribution is 1.08. The highest BCUT2D eigenvalue weighted by Crippen LogP contribution is 2.44. The molecule has 0 saturated heterocycles. The van der Waals surface area contributed by atoms with E-state index in [4.69, 9.17) is 19.9 Å². The molecule has 0 radical (unpaired) electrons. The molecule has 0 fully saturated rings. The molecule has 0 aliphatic rings. The fourth-order valence-electron chi connectivity index (χ4n) is 5.94. The Morgan fingerprint density at radius 1 is 0.348 bits per heavy atom. The molecule has 0 amide bonds. The van der Waals surface area contributed by atoms with E-state index in [9.17, 15) is 0 Å². The van der Waals surface area contributed by atoms with E-state index in [0.29, 0.717) is 17.5 Å². The van der Waals surface area contributed by atoms with E-state index in [1.165, 1.54) is 25.7 Å². The number of rotatable bonds is 5. The molecule has 0 unspecified atom stereocenters. The fraction of sp³-hybridized carbons (Fsp3) is 0. The van der Waals surface area contributed by atoms with Crippen LogP contribution in [0, 0.1) is 0 Å². The van der Waals surface area contributed by atoms with Crippen molar-refractivity contribution < 1.29 is 0 Å². The number of hydrogen-bond donors (Lipinski definition) is 0. The molecule has 3 aromatic heterocycles. The number of para-hydroxylation sites is 1. The predicted octanol–water partition coefficient (Wildman–Crippen LogP) is 11.2. The standard InChI is InChI=1S/C40H24N4S2/c1-3-11-25(12-4-1)26-21-23-28(24-22-26)38-42-37(27-13-5-2-6-14-27)43-39(44-38)31-17-9-15-29-30-16-10-18-32(36(30)46-35(29)31)40-41-33-19-7-8-20-34(33)45-40/h1-24H. The minimum Gasteiger partial charge on any atom is -0.236 e. The summed E-state index contributed by atoms with van der Waals surface area (Å²) in [5.41, 5.74) is 7.42. The molecule has 0 atom stereocenters. The number of nitrogens with zero attached hydrogens (tertiary/aromatic N) is 4. The van der Waals surface area contributed by atoms with Crippen molar-refractivity contribution in [3.8, 4) is 55.9 Å². The Morgan fingerprint density at radius 3 is 1.57 bits per heavy atom. The van der Waals surface area contributed by atoms with Gasteiger partial charge in [-0.3, -0.25) is 0 Å². The zero-order chi connectivity index (χ0) is 30.5. The quantitative estimate of drug-likeness (QED) is 0.191. The second-order valence-electron chi connectivity index (χ2n) is 11.1. The maximum atomic E-state index is 5.11. The molecule has 46 heavy (non-hydrogen) atoms. The van der Waals surface area contributed by atoms with Crippen molar-refractivity contribution in [1.82, 2.24) is 19.9 Å². The first-order valence-corrected chi connectivity index (χ1v) is 16.7. The fourth-order valence-corrected chi connectivity index (χ4v) is 8.32. The van der Waals surface area contributed by atoms with Crippen LogP contribution >= 0.6 is 22.7 Å². The number of benzene rings is 6. The predicted molar refractivity (Wildman–Crippen MR) is 193 cm³/mol. The summed E-state index contributed by atoms with van der Waals surface area (Å²) < 4.78 is 3.57. The van der Waals surface area contributed by atoms with E-state index in [1.54, 1.807) is 22.7 Å². The van der Waals surface area contributed by atoms with Gasteiger partial charge in [0.25, 0.3) is 0 Å². The second kappa shape index (κ2) is 11.1. The number of thiazole rings is 1. The smallest absolute Gasteiger partial charge is 0.165 e. The summed E-state index contributed by atoms with van der Waals surface area (Å²) in [6.45, 7) is 0. The molecule has 0 saturated carbocycles. The third kappa shape index (κ3) is 4.67. The number of hydrogen-bond acceptors (Lipinski definition) is 6. The van der Waals surface area contributed by atoms with Gasteiger partial charge in [0.2, 0.25) is 0 Å². The van der Waals surface area contributed by atoms with Gasteiger partial charge < -0.3 is 0 Å². The van der Waals surface area contributed by atoms with Crippen molar-refractivity contribution in [3.63, 3.8) is 0 Å². The first kappa shape index (κ1) is 26.8. The minimum atomic E-state index is 0.650. The molecule has 0 spiro atoms. The second-order valence-corrected chi connectivity index (χ2v) is 13.1. The lowest BCUT2D eigenvalue weighted by Crippen LogP contribution is -2.00. The SMILES string of the molecule is c1ccc(-c2ccc(-c3nc(-c4ccccc4)nc(-c4cccc5c4sc4c(-c6nc7ccccc7s6)cccc45)n3)cc2)cc1. The van der Waals surface area contributed by atoms with Gasteiger partial charge in [-0.2, -0.15) is 0 Å². The van der Waals surface area contributed by atoms with Crippen LogP contribution < -0.4 is 0 Å². The Morgan fingerprint density at radius 2 is 0.870 bits per heavy atom. The highest BCUT2D eigenvalue weighted by Gasteiger charge is 2.19. The monoisotopic (exact) mass is 624 g/mol. The Hall–Kier alpha value is -5.56. The van der Waals surface area contributed by atoms with Crippen molar-refractivity contribution >= 4 is 53.1 Å². The molecule has 0 bridgehead atoms. The van der Waals surface area contributed by atoms with E-state index in [-0.39, 0.29) is 0 Å². The Kier molecular flexibility index (Phi) is 6.47. The summed E-state index contributed by atoms with van der Waals surface area (Å²) >= 11 is 3.52. The summed E-state index contributed by atoms with van der Waals surface area (Å²) in [6, 6.07) is 50.3. The normalized spacial score (nSPS) is 11.5. The van der Waals surface area contributed by atoms with Crippen LogP contribution in [-0.4, -0.2) is 19.9 Å². The Bertz CT molecular complexity index is 2490. The summed E-state index contributed by atoms with van der Waals surface area (Å²) in [5.74, 6) is 1.97. The van der Waals surface area contributed by atoms with Crippen LogP contribution in [0.3, 0.4) is 0 Å². The molecule has 216 valence electrons. The number of thiophene rings is 1. The van der Waals surface area contributed by atoms with E-state index in [0.717, 1.165) is 43.0 Å². The average molecular weight is 625 g/mol. The Balaban J connectivity index is 1.22. The Labute approximate surface area is 273 Å². The van der Waals surface area contributed by atoms with Crippen molar-refractivity contribution in [1.29, 1.82) is 0 Å². The lowest BCUT2D eigenvalue weighted by atomic mass is 10.0. The zero-order valence-corrected chi connectivity index (χ0v) is 26.1. The van der Waals surface area contributed by atoms with Gasteiger partial charge in [0.05, 0.1) is 10.2 Å². The van der Waals surface area contributed by atoms with Crippen LogP contribution in [0.4, 0.5) is 0 Å². The van der Waals surface area contributed by atoms with Gasteiger partial charge in [-0.25, -0.2) is 19.9 Å². The molecule has 0 aliphatic heterocycles. The van der Waals surface area contributed by atoms with Crippen molar-refractivity contribution in [3.05, 3.63) is 146 Å². The minimum absolute atomic E-state index is 0.650. The molecular formula is C40H24N4S2. The van der Waals surface area contributed by atoms with E-state index < -0.39 is 0 Å². The highest BCUT2D eigenvalue weighted by molar-refractivity contribution is 7.27. The molecule has 0 N–H and O–H groups in total. The first-order valence-electron chi connectivity index (χ1n) is 15.1. The van der Waals surface area contributed by atoms with Crippen molar-refractivity contribution in [2.75, 3.05) is 0 Å². The third-order valence-electron chi connectivity index (χ3n) is 8.21. The van der Waals surface area contributed by atoms with Crippen LogP contribution in [0.15, 0.2) is 146 Å². The van der Waals surface area contributed by atoms with Crippen molar-refractivity contribution in [2.24, 2.45) is 0 Å². The van der Waals surface area contributed by atoms with Crippen molar-refractivity contribution in [2.45, 2.75) is 0 Å². The summed E-state index contributed by atoms with van der Waals surface area (Å²) in [7, 11) is 0. The molecule has 3 heterocycles. The van der Waals surface area contributed by atoms with Gasteiger partial charge in [0.15, 0.2) is 17.5 Å². The molecule has 9 aromatic rings. The third-order valence-corrected chi connectivity index (χ3v) is 10.6. The van der Waals surface area contributed by atoms with Crippen LogP contribution in [0.1, 0.15) is 0 Å². The lowest BCUT2D eigenvalue weighted by Gasteiger charge is -2.09. The van der Waals surface area contributed by atoms with Crippen LogP contribution in [0.25, 0.3) is 86.3 Å². The zero-order valence-electron chi connectivity index (χ0n) is 24.5. The largest absolute Gasteiger partial charge is 0.236 e. The van der Waals surface area contributed by atoms with Gasteiger partial charge in [-0.15, -0.1) is 22.7 Å². The van der Waals surface area contributed by atoms with Gasteiger partial charge in [0.1, 0.15) is 5.01 Å². The summed E-state index contributed by atoms with van der Waals surface area (Å²) in [5, 5.41) is 3.44. The van der Waals surface area contributed by atoms with E-state index >= 15 is 0 Å². The summed E-state index contributed by atoms with van der Waals surface area (Å²) in [6.07, 6.45) is 0. The van der Waals surface area contributed by atoms with Gasteiger partial charge in [-0.1, -0.05) is 127 Å². The molecule has 4 nitrogen and oxygen atoms in total. The van der Waals surface area contributed by atoms with Crippen LogP contribution in [0.2, 0.25) is 0 Å². The topological polar surface area (TPSA) is 51.6 Å². The maximum absolute atomic E-state index is 5.11. The van der Waals surface area contributed by atoms with Gasteiger partial charge in [0, 0.05) is 42.4 Å². The molecule has 9 rings (SSSR count). The van der Waals surface area contributed by atoms with Crippen LogP contribution in [-0.2, 0) is 0 Å². The first-order chi connectivity index (χ1) is 22.8. The number of fused-ring (bicyclic) bond motifs is 4. The molecular weight excluding hydrogens is 601 g/mol. The highest BCUT2D eigenvalue weighted by atomic mass is 32.1. The van der Waals surface area contributed by atoms with Gasteiger partial charge in [-0.05, 0) is 29.3 Å². The molecule has 6 aromatic carbocycles. The van der Waals surface area contributed by atoms with Crippen LogP contribution in [0.5, 0.6) is 0 Å². The summed E-state index contributed by atoms with van der Waals surface area (Å²) in [4.78, 5) is 20.1. The van der Waals surface area contributed by atoms with Gasteiger partial charge >= 0.3 is 0 Å².